The van der Waals surface area contributed by atoms with Gasteiger partial charge in [-0.05, 0) is 35.2 Å². The summed E-state index contributed by atoms with van der Waals surface area (Å²) in [7, 11) is 0. The van der Waals surface area contributed by atoms with E-state index in [1.165, 1.54) is 15.7 Å². The quantitative estimate of drug-likeness (QED) is 0.751. The molecule has 0 radical (unpaired) electrons. The van der Waals surface area contributed by atoms with Gasteiger partial charge in [0.15, 0.2) is 0 Å². The largest absolute Gasteiger partial charge is 0.465 e. The molecule has 0 saturated carbocycles. The molecular formula is C20H20N4O2. The number of anilines is 1. The van der Waals surface area contributed by atoms with Crippen molar-refractivity contribution in [3.05, 3.63) is 54.7 Å². The zero-order chi connectivity index (χ0) is 17.9. The Morgan fingerprint density at radius 2 is 2.04 bits per heavy atom. The fourth-order valence-electron chi connectivity index (χ4n) is 3.36. The highest BCUT2D eigenvalue weighted by Crippen LogP contribution is 2.23. The number of hydrogen-bond acceptors (Lipinski definition) is 4. The SMILES string of the molecule is O=C(O)N1CC[C@@H](CNc2nccc(-c3ccc4ccccc4c3)n2)C1. The number of amides is 1. The number of nitrogens with one attached hydrogen (secondary N) is 1. The van der Waals surface area contributed by atoms with E-state index in [1.807, 2.05) is 18.2 Å². The van der Waals surface area contributed by atoms with Crippen LogP contribution in [-0.4, -0.2) is 45.7 Å². The number of carboxylic acid groups (broad SMARTS) is 1. The maximum Gasteiger partial charge on any atom is 0.407 e. The van der Waals surface area contributed by atoms with Crippen molar-refractivity contribution in [1.82, 2.24) is 14.9 Å². The summed E-state index contributed by atoms with van der Waals surface area (Å²) in [4.78, 5) is 21.4. The lowest BCUT2D eigenvalue weighted by Gasteiger charge is -2.13. The molecule has 0 bridgehead atoms. The number of likely N-dealkylation sites (tertiary alicyclic amines) is 1. The minimum absolute atomic E-state index is 0.291. The number of benzene rings is 2. The second kappa shape index (κ2) is 7.00. The average molecular weight is 348 g/mol. The van der Waals surface area contributed by atoms with Crippen molar-refractivity contribution in [3.8, 4) is 11.3 Å². The van der Waals surface area contributed by atoms with Crippen LogP contribution in [0.1, 0.15) is 6.42 Å². The highest BCUT2D eigenvalue weighted by atomic mass is 16.4. The van der Waals surface area contributed by atoms with Crippen molar-refractivity contribution >= 4 is 22.8 Å². The first-order chi connectivity index (χ1) is 12.7. The van der Waals surface area contributed by atoms with Crippen LogP contribution in [-0.2, 0) is 0 Å². The first kappa shape index (κ1) is 16.3. The summed E-state index contributed by atoms with van der Waals surface area (Å²) in [6.07, 6.45) is 1.77. The molecule has 1 saturated heterocycles. The minimum atomic E-state index is -0.845. The standard InChI is InChI=1S/C20H20N4O2/c25-20(26)24-10-8-14(13-24)12-22-19-21-9-7-18(23-19)17-6-5-15-3-1-2-4-16(15)11-17/h1-7,9,11,14H,8,10,12-13H2,(H,25,26)(H,21,22,23)/t14-/m0/s1. The van der Waals surface area contributed by atoms with Crippen LogP contribution < -0.4 is 5.32 Å². The molecule has 1 aliphatic heterocycles. The molecule has 1 amide bonds. The van der Waals surface area contributed by atoms with Gasteiger partial charge in [-0.15, -0.1) is 0 Å². The average Bonchev–Trinajstić information content (AvgIpc) is 3.16. The zero-order valence-corrected chi connectivity index (χ0v) is 14.3. The van der Waals surface area contributed by atoms with Crippen LogP contribution >= 0.6 is 0 Å². The Balaban J connectivity index is 1.47. The maximum atomic E-state index is 11.0. The number of aromatic nitrogens is 2. The highest BCUT2D eigenvalue weighted by Gasteiger charge is 2.25. The summed E-state index contributed by atoms with van der Waals surface area (Å²) < 4.78 is 0. The second-order valence-electron chi connectivity index (χ2n) is 6.59. The predicted molar refractivity (Wildman–Crippen MR) is 101 cm³/mol. The van der Waals surface area contributed by atoms with Crippen molar-refractivity contribution in [2.75, 3.05) is 25.0 Å². The van der Waals surface area contributed by atoms with Gasteiger partial charge in [0.25, 0.3) is 0 Å². The molecule has 4 rings (SSSR count). The van der Waals surface area contributed by atoms with Gasteiger partial charge >= 0.3 is 6.09 Å². The van der Waals surface area contributed by atoms with E-state index < -0.39 is 6.09 Å². The summed E-state index contributed by atoms with van der Waals surface area (Å²) in [5, 5.41) is 14.7. The van der Waals surface area contributed by atoms with Crippen molar-refractivity contribution in [1.29, 1.82) is 0 Å². The van der Waals surface area contributed by atoms with Crippen LogP contribution in [0.5, 0.6) is 0 Å². The van der Waals surface area contributed by atoms with E-state index in [-0.39, 0.29) is 0 Å². The van der Waals surface area contributed by atoms with Gasteiger partial charge in [0, 0.05) is 31.4 Å². The van der Waals surface area contributed by atoms with Crippen LogP contribution in [0.4, 0.5) is 10.7 Å². The molecular weight excluding hydrogens is 328 g/mol. The topological polar surface area (TPSA) is 78.4 Å². The van der Waals surface area contributed by atoms with E-state index in [1.54, 1.807) is 6.20 Å². The van der Waals surface area contributed by atoms with Crippen molar-refractivity contribution in [3.63, 3.8) is 0 Å². The first-order valence-electron chi connectivity index (χ1n) is 8.73. The van der Waals surface area contributed by atoms with Gasteiger partial charge in [-0.2, -0.15) is 0 Å². The van der Waals surface area contributed by atoms with E-state index in [0.717, 1.165) is 17.7 Å². The van der Waals surface area contributed by atoms with Crippen LogP contribution in [0.25, 0.3) is 22.0 Å². The third-order valence-electron chi connectivity index (χ3n) is 4.81. The summed E-state index contributed by atoms with van der Waals surface area (Å²) in [5.74, 6) is 0.864. The van der Waals surface area contributed by atoms with Crippen LogP contribution in [0.2, 0.25) is 0 Å². The molecule has 2 heterocycles. The lowest BCUT2D eigenvalue weighted by molar-refractivity contribution is 0.154. The van der Waals surface area contributed by atoms with Gasteiger partial charge in [-0.1, -0.05) is 36.4 Å². The lowest BCUT2D eigenvalue weighted by atomic mass is 10.1. The normalized spacial score (nSPS) is 16.8. The molecule has 2 aromatic carbocycles. The molecule has 2 N–H and O–H groups in total. The Labute approximate surface area is 151 Å². The molecule has 6 heteroatoms. The third kappa shape index (κ3) is 3.44. The maximum absolute atomic E-state index is 11.0. The molecule has 1 atom stereocenters. The van der Waals surface area contributed by atoms with Gasteiger partial charge in [0.1, 0.15) is 0 Å². The van der Waals surface area contributed by atoms with Gasteiger partial charge < -0.3 is 15.3 Å². The van der Waals surface area contributed by atoms with Gasteiger partial charge in [0.2, 0.25) is 5.95 Å². The monoisotopic (exact) mass is 348 g/mol. The molecule has 1 aromatic heterocycles. The summed E-state index contributed by atoms with van der Waals surface area (Å²) in [6.45, 7) is 1.83. The molecule has 6 nitrogen and oxygen atoms in total. The number of carbonyl (C=O) groups is 1. The minimum Gasteiger partial charge on any atom is -0.465 e. The van der Waals surface area contributed by atoms with Crippen molar-refractivity contribution in [2.24, 2.45) is 5.92 Å². The number of hydrogen-bond donors (Lipinski definition) is 2. The van der Waals surface area contributed by atoms with Crippen LogP contribution in [0.15, 0.2) is 54.7 Å². The molecule has 26 heavy (non-hydrogen) atoms. The summed E-state index contributed by atoms with van der Waals surface area (Å²) >= 11 is 0. The predicted octanol–water partition coefficient (Wildman–Crippen LogP) is 3.71. The number of rotatable bonds is 4. The van der Waals surface area contributed by atoms with Gasteiger partial charge in [-0.25, -0.2) is 14.8 Å². The Bertz CT molecular complexity index is 944. The van der Waals surface area contributed by atoms with Gasteiger partial charge in [-0.3, -0.25) is 0 Å². The fraction of sp³-hybridized carbons (Fsp3) is 0.250. The highest BCUT2D eigenvalue weighted by molar-refractivity contribution is 5.86. The van der Waals surface area contributed by atoms with E-state index in [9.17, 15) is 4.79 Å². The number of fused-ring (bicyclic) bond motifs is 1. The van der Waals surface area contributed by atoms with Gasteiger partial charge in [0.05, 0.1) is 5.69 Å². The van der Waals surface area contributed by atoms with Crippen LogP contribution in [0.3, 0.4) is 0 Å². The summed E-state index contributed by atoms with van der Waals surface area (Å²) in [5.41, 5.74) is 1.92. The Morgan fingerprint density at radius 1 is 1.19 bits per heavy atom. The smallest absolute Gasteiger partial charge is 0.407 e. The van der Waals surface area contributed by atoms with E-state index in [4.69, 9.17) is 5.11 Å². The first-order valence-corrected chi connectivity index (χ1v) is 8.73. The molecule has 0 spiro atoms. The fourth-order valence-corrected chi connectivity index (χ4v) is 3.36. The van der Waals surface area contributed by atoms with E-state index >= 15 is 0 Å². The Morgan fingerprint density at radius 3 is 2.85 bits per heavy atom. The molecule has 0 aliphatic carbocycles. The third-order valence-corrected chi connectivity index (χ3v) is 4.81. The molecule has 1 aliphatic rings. The zero-order valence-electron chi connectivity index (χ0n) is 14.3. The van der Waals surface area contributed by atoms with E-state index in [0.29, 0.717) is 31.5 Å². The molecule has 0 unspecified atom stereocenters. The summed E-state index contributed by atoms with van der Waals surface area (Å²) in [6, 6.07) is 16.4. The Hall–Kier alpha value is -3.15. The molecule has 132 valence electrons. The van der Waals surface area contributed by atoms with Crippen LogP contribution in [0, 0.1) is 5.92 Å². The van der Waals surface area contributed by atoms with E-state index in [2.05, 4.69) is 45.6 Å². The number of nitrogens with zero attached hydrogens (tertiary/aromatic N) is 3. The van der Waals surface area contributed by atoms with Crippen molar-refractivity contribution in [2.45, 2.75) is 6.42 Å². The molecule has 1 fully saturated rings. The Kier molecular flexibility index (Phi) is 4.39. The lowest BCUT2D eigenvalue weighted by Crippen LogP contribution is -2.28. The van der Waals surface area contributed by atoms with Crippen molar-refractivity contribution < 1.29 is 9.90 Å². The second-order valence-corrected chi connectivity index (χ2v) is 6.59. The molecule has 3 aromatic rings.